The molecule has 0 aliphatic heterocycles. The van der Waals surface area contributed by atoms with Gasteiger partial charge in [-0.3, -0.25) is 0 Å². The number of aliphatic hydroxyl groups excluding tert-OH is 1. The van der Waals surface area contributed by atoms with Crippen molar-refractivity contribution in [2.75, 3.05) is 20.8 Å². The minimum absolute atomic E-state index is 0.0239. The largest absolute Gasteiger partial charge is 0.497 e. The standard InChI is InChI=1S/C15H22O3/c1-15(2,3)13(10-16)14(18-5)11-7-6-8-12(9-11)17-4/h6-9,16H,10H2,1-5H3/b14-13+. The summed E-state index contributed by atoms with van der Waals surface area (Å²) in [6.45, 7) is 6.14. The van der Waals surface area contributed by atoms with Gasteiger partial charge in [0.1, 0.15) is 11.5 Å². The van der Waals surface area contributed by atoms with Crippen molar-refractivity contribution in [3.05, 3.63) is 35.4 Å². The van der Waals surface area contributed by atoms with Crippen LogP contribution in [-0.4, -0.2) is 25.9 Å². The Kier molecular flexibility index (Phi) is 4.79. The third kappa shape index (κ3) is 3.26. The quantitative estimate of drug-likeness (QED) is 0.835. The van der Waals surface area contributed by atoms with Crippen LogP contribution >= 0.6 is 0 Å². The molecular weight excluding hydrogens is 228 g/mol. The summed E-state index contributed by atoms with van der Waals surface area (Å²) in [7, 11) is 3.25. The van der Waals surface area contributed by atoms with Crippen LogP contribution < -0.4 is 4.74 Å². The summed E-state index contributed by atoms with van der Waals surface area (Å²) in [6, 6.07) is 7.64. The zero-order valence-electron chi connectivity index (χ0n) is 11.8. The van der Waals surface area contributed by atoms with Crippen molar-refractivity contribution in [1.29, 1.82) is 0 Å². The molecule has 0 amide bonds. The van der Waals surface area contributed by atoms with Crippen molar-refractivity contribution in [3.63, 3.8) is 0 Å². The second kappa shape index (κ2) is 5.91. The van der Waals surface area contributed by atoms with E-state index in [-0.39, 0.29) is 12.0 Å². The maximum Gasteiger partial charge on any atom is 0.128 e. The summed E-state index contributed by atoms with van der Waals surface area (Å²) < 4.78 is 10.7. The van der Waals surface area contributed by atoms with Crippen LogP contribution in [0.2, 0.25) is 0 Å². The maximum absolute atomic E-state index is 9.58. The normalized spacial score (nSPS) is 13.0. The van der Waals surface area contributed by atoms with Crippen molar-refractivity contribution in [3.8, 4) is 5.75 Å². The molecule has 0 bridgehead atoms. The molecule has 0 spiro atoms. The molecule has 100 valence electrons. The average molecular weight is 250 g/mol. The van der Waals surface area contributed by atoms with Crippen molar-refractivity contribution in [2.24, 2.45) is 5.41 Å². The highest BCUT2D eigenvalue weighted by atomic mass is 16.5. The Morgan fingerprint density at radius 2 is 1.89 bits per heavy atom. The van der Waals surface area contributed by atoms with E-state index in [1.807, 2.05) is 24.3 Å². The molecule has 0 heterocycles. The molecule has 0 fully saturated rings. The van der Waals surface area contributed by atoms with E-state index in [1.165, 1.54) is 0 Å². The Bertz CT molecular complexity index is 428. The number of hydrogen-bond acceptors (Lipinski definition) is 3. The van der Waals surface area contributed by atoms with Crippen LogP contribution in [0.15, 0.2) is 29.8 Å². The summed E-state index contributed by atoms with van der Waals surface area (Å²) in [5.74, 6) is 1.48. The van der Waals surface area contributed by atoms with Gasteiger partial charge >= 0.3 is 0 Å². The van der Waals surface area contributed by atoms with E-state index < -0.39 is 0 Å². The minimum atomic E-state index is -0.150. The van der Waals surface area contributed by atoms with Gasteiger partial charge in [-0.15, -0.1) is 0 Å². The molecule has 0 aliphatic rings. The Morgan fingerprint density at radius 3 is 2.33 bits per heavy atom. The average Bonchev–Trinajstić information content (AvgIpc) is 2.34. The zero-order chi connectivity index (χ0) is 13.8. The second-order valence-electron chi connectivity index (χ2n) is 5.15. The van der Waals surface area contributed by atoms with Gasteiger partial charge in [0.25, 0.3) is 0 Å². The van der Waals surface area contributed by atoms with Crippen LogP contribution in [0, 0.1) is 5.41 Å². The Balaban J connectivity index is 3.34. The predicted octanol–water partition coefficient (Wildman–Crippen LogP) is 3.09. The molecule has 3 nitrogen and oxygen atoms in total. The first-order valence-corrected chi connectivity index (χ1v) is 5.97. The highest BCUT2D eigenvalue weighted by molar-refractivity contribution is 5.65. The first kappa shape index (κ1) is 14.6. The molecule has 1 aromatic rings. The molecule has 0 atom stereocenters. The molecule has 0 aromatic heterocycles. The number of ether oxygens (including phenoxy) is 2. The smallest absolute Gasteiger partial charge is 0.128 e. The fraction of sp³-hybridized carbons (Fsp3) is 0.467. The molecule has 1 N–H and O–H groups in total. The number of benzene rings is 1. The van der Waals surface area contributed by atoms with E-state index in [0.717, 1.165) is 16.9 Å². The lowest BCUT2D eigenvalue weighted by Gasteiger charge is -2.25. The predicted molar refractivity (Wildman–Crippen MR) is 73.5 cm³/mol. The van der Waals surface area contributed by atoms with E-state index in [0.29, 0.717) is 5.76 Å². The van der Waals surface area contributed by atoms with E-state index in [2.05, 4.69) is 20.8 Å². The van der Waals surface area contributed by atoms with Crippen molar-refractivity contribution >= 4 is 5.76 Å². The highest BCUT2D eigenvalue weighted by Crippen LogP contribution is 2.33. The molecule has 0 radical (unpaired) electrons. The van der Waals surface area contributed by atoms with Crippen molar-refractivity contribution < 1.29 is 14.6 Å². The number of rotatable bonds is 4. The molecule has 18 heavy (non-hydrogen) atoms. The van der Waals surface area contributed by atoms with Crippen LogP contribution in [0.5, 0.6) is 5.75 Å². The molecule has 1 rings (SSSR count). The van der Waals surface area contributed by atoms with Crippen LogP contribution in [-0.2, 0) is 4.74 Å². The Hall–Kier alpha value is -1.48. The van der Waals surface area contributed by atoms with Gasteiger partial charge in [-0.05, 0) is 17.5 Å². The van der Waals surface area contributed by atoms with Crippen LogP contribution in [0.25, 0.3) is 5.76 Å². The fourth-order valence-corrected chi connectivity index (χ4v) is 1.83. The summed E-state index contributed by atoms with van der Waals surface area (Å²) in [4.78, 5) is 0. The third-order valence-electron chi connectivity index (χ3n) is 2.87. The lowest BCUT2D eigenvalue weighted by molar-refractivity contribution is 0.280. The molecule has 1 aromatic carbocycles. The van der Waals surface area contributed by atoms with E-state index in [4.69, 9.17) is 9.47 Å². The zero-order valence-corrected chi connectivity index (χ0v) is 11.8. The summed E-state index contributed by atoms with van der Waals surface area (Å²) in [5, 5.41) is 9.58. The Labute approximate surface area is 109 Å². The molecule has 0 saturated heterocycles. The van der Waals surface area contributed by atoms with Crippen molar-refractivity contribution in [1.82, 2.24) is 0 Å². The topological polar surface area (TPSA) is 38.7 Å². The first-order chi connectivity index (χ1) is 8.43. The molecular formula is C15H22O3. The van der Waals surface area contributed by atoms with E-state index in [9.17, 15) is 5.11 Å². The van der Waals surface area contributed by atoms with Gasteiger partial charge in [0.15, 0.2) is 0 Å². The third-order valence-corrected chi connectivity index (χ3v) is 2.87. The monoisotopic (exact) mass is 250 g/mol. The lowest BCUT2D eigenvalue weighted by atomic mass is 9.84. The van der Waals surface area contributed by atoms with Gasteiger partial charge < -0.3 is 14.6 Å². The van der Waals surface area contributed by atoms with Gasteiger partial charge in [-0.2, -0.15) is 0 Å². The summed E-state index contributed by atoms with van der Waals surface area (Å²) in [6.07, 6.45) is 0. The van der Waals surface area contributed by atoms with Gasteiger partial charge in [-0.1, -0.05) is 32.9 Å². The highest BCUT2D eigenvalue weighted by Gasteiger charge is 2.22. The summed E-state index contributed by atoms with van der Waals surface area (Å²) >= 11 is 0. The van der Waals surface area contributed by atoms with E-state index in [1.54, 1.807) is 14.2 Å². The molecule has 3 heteroatoms. The van der Waals surface area contributed by atoms with Gasteiger partial charge in [0.05, 0.1) is 20.8 Å². The first-order valence-electron chi connectivity index (χ1n) is 5.97. The maximum atomic E-state index is 9.58. The lowest BCUT2D eigenvalue weighted by Crippen LogP contribution is -2.16. The van der Waals surface area contributed by atoms with Gasteiger partial charge in [0, 0.05) is 11.1 Å². The number of hydrogen-bond donors (Lipinski definition) is 1. The van der Waals surface area contributed by atoms with Crippen LogP contribution in [0.3, 0.4) is 0 Å². The SMILES string of the molecule is CO/C(=C(\CO)C(C)(C)C)c1cccc(OC)c1. The minimum Gasteiger partial charge on any atom is -0.497 e. The fourth-order valence-electron chi connectivity index (χ4n) is 1.83. The molecule has 0 aliphatic carbocycles. The molecule has 0 saturated carbocycles. The Morgan fingerprint density at radius 1 is 1.22 bits per heavy atom. The number of aliphatic hydroxyl groups is 1. The van der Waals surface area contributed by atoms with Crippen LogP contribution in [0.4, 0.5) is 0 Å². The summed E-state index contributed by atoms with van der Waals surface area (Å²) in [5.41, 5.74) is 1.64. The molecule has 0 unspecified atom stereocenters. The second-order valence-corrected chi connectivity index (χ2v) is 5.15. The van der Waals surface area contributed by atoms with Crippen molar-refractivity contribution in [2.45, 2.75) is 20.8 Å². The van der Waals surface area contributed by atoms with Gasteiger partial charge in [-0.25, -0.2) is 0 Å². The van der Waals surface area contributed by atoms with Gasteiger partial charge in [0.2, 0.25) is 0 Å². The van der Waals surface area contributed by atoms with Crippen LogP contribution in [0.1, 0.15) is 26.3 Å². The number of methoxy groups -OCH3 is 2. The van der Waals surface area contributed by atoms with E-state index >= 15 is 0 Å².